The van der Waals surface area contributed by atoms with E-state index in [0.29, 0.717) is 17.7 Å². The second kappa shape index (κ2) is 8.12. The molecule has 0 heterocycles. The number of halogens is 6. The Morgan fingerprint density at radius 1 is 0.846 bits per heavy atom. The summed E-state index contributed by atoms with van der Waals surface area (Å²) in [5, 5.41) is 0. The fourth-order valence-electron chi connectivity index (χ4n) is 2.47. The Bertz CT molecular complexity index is 722. The van der Waals surface area contributed by atoms with E-state index in [9.17, 15) is 26.3 Å². The molecular formula is C19H18F6O. The highest BCUT2D eigenvalue weighted by atomic mass is 19.4. The molecule has 0 saturated carbocycles. The summed E-state index contributed by atoms with van der Waals surface area (Å²) >= 11 is 0. The normalized spacial score (nSPS) is 12.4. The predicted molar refractivity (Wildman–Crippen MR) is 85.3 cm³/mol. The summed E-state index contributed by atoms with van der Waals surface area (Å²) in [6, 6.07) is 8.74. The van der Waals surface area contributed by atoms with Gasteiger partial charge in [-0.1, -0.05) is 43.7 Å². The Morgan fingerprint density at radius 2 is 1.42 bits per heavy atom. The lowest BCUT2D eigenvalue weighted by molar-refractivity contribution is -0.244. The molecule has 7 heteroatoms. The van der Waals surface area contributed by atoms with E-state index in [0.717, 1.165) is 24.5 Å². The molecule has 0 aliphatic heterocycles. The highest BCUT2D eigenvalue weighted by molar-refractivity contribution is 5.27. The lowest BCUT2D eigenvalue weighted by Gasteiger charge is -2.18. The summed E-state index contributed by atoms with van der Waals surface area (Å²) in [6.07, 6.45) is -7.66. The fraction of sp³-hybridized carbons (Fsp3) is 0.368. The molecule has 0 unspecified atom stereocenters. The van der Waals surface area contributed by atoms with Crippen molar-refractivity contribution < 1.29 is 31.1 Å². The number of alkyl halides is 5. The van der Waals surface area contributed by atoms with Gasteiger partial charge in [0.25, 0.3) is 0 Å². The maximum absolute atomic E-state index is 13.9. The van der Waals surface area contributed by atoms with Gasteiger partial charge in [-0.25, -0.2) is 4.39 Å². The van der Waals surface area contributed by atoms with Gasteiger partial charge in [-0.2, -0.15) is 22.0 Å². The molecule has 0 atom stereocenters. The molecular weight excluding hydrogens is 358 g/mol. The zero-order valence-corrected chi connectivity index (χ0v) is 14.0. The molecule has 0 N–H and O–H groups in total. The van der Waals surface area contributed by atoms with Crippen LogP contribution in [0, 0.1) is 5.82 Å². The highest BCUT2D eigenvalue weighted by Crippen LogP contribution is 2.32. The molecule has 0 spiro atoms. The molecule has 0 aromatic heterocycles. The summed E-state index contributed by atoms with van der Waals surface area (Å²) in [5.41, 5.74) is -0.136. The van der Waals surface area contributed by atoms with Gasteiger partial charge in [0, 0.05) is 0 Å². The maximum atomic E-state index is 13.9. The SMILES string of the molecule is CCCc1ccc(COC(F)(F)Cc2ccc(C(F)(F)F)c(F)c2)cc1. The van der Waals surface area contributed by atoms with Crippen LogP contribution >= 0.6 is 0 Å². The topological polar surface area (TPSA) is 9.23 Å². The van der Waals surface area contributed by atoms with E-state index in [1.54, 1.807) is 12.1 Å². The van der Waals surface area contributed by atoms with Gasteiger partial charge in [-0.3, -0.25) is 0 Å². The van der Waals surface area contributed by atoms with E-state index in [1.807, 2.05) is 19.1 Å². The minimum atomic E-state index is -4.87. The van der Waals surface area contributed by atoms with Gasteiger partial charge in [0.05, 0.1) is 18.6 Å². The van der Waals surface area contributed by atoms with Crippen LogP contribution in [0.4, 0.5) is 26.3 Å². The average Bonchev–Trinajstić information content (AvgIpc) is 2.53. The predicted octanol–water partition coefficient (Wildman–Crippen LogP) is 6.15. The van der Waals surface area contributed by atoms with Crippen LogP contribution in [0.5, 0.6) is 0 Å². The largest absolute Gasteiger partial charge is 0.419 e. The standard InChI is InChI=1S/C19H18F6O/c1-2-3-13-4-6-14(7-5-13)12-26-18(21,22)11-15-8-9-16(17(20)10-15)19(23,24)25/h4-10H,2-3,11-12H2,1H3. The number of rotatable bonds is 7. The van der Waals surface area contributed by atoms with Gasteiger partial charge < -0.3 is 4.74 Å². The van der Waals surface area contributed by atoms with E-state index in [1.165, 1.54) is 0 Å². The smallest absolute Gasteiger partial charge is 0.315 e. The van der Waals surface area contributed by atoms with Crippen molar-refractivity contribution >= 4 is 0 Å². The lowest BCUT2D eigenvalue weighted by atomic mass is 10.1. The zero-order valence-electron chi connectivity index (χ0n) is 14.0. The average molecular weight is 376 g/mol. The molecule has 2 aromatic rings. The van der Waals surface area contributed by atoms with Gasteiger partial charge in [0.1, 0.15) is 5.82 Å². The molecule has 0 saturated heterocycles. The molecule has 0 amide bonds. The van der Waals surface area contributed by atoms with Crippen LogP contribution < -0.4 is 0 Å². The first-order chi connectivity index (χ1) is 12.1. The van der Waals surface area contributed by atoms with Crippen molar-refractivity contribution in [1.82, 2.24) is 0 Å². The molecule has 1 nitrogen and oxygen atoms in total. The zero-order chi connectivity index (χ0) is 19.4. The summed E-state index contributed by atoms with van der Waals surface area (Å²) in [5.74, 6) is -1.59. The Labute approximate surface area is 147 Å². The monoisotopic (exact) mass is 376 g/mol. The van der Waals surface area contributed by atoms with Crippen molar-refractivity contribution in [3.05, 3.63) is 70.5 Å². The third-order valence-corrected chi connectivity index (χ3v) is 3.76. The quantitative estimate of drug-likeness (QED) is 0.527. The van der Waals surface area contributed by atoms with Gasteiger partial charge in [0.15, 0.2) is 0 Å². The Kier molecular flexibility index (Phi) is 6.34. The van der Waals surface area contributed by atoms with Crippen molar-refractivity contribution in [3.8, 4) is 0 Å². The Hall–Kier alpha value is -2.02. The van der Waals surface area contributed by atoms with Crippen LogP contribution in [-0.2, 0) is 30.4 Å². The summed E-state index contributed by atoms with van der Waals surface area (Å²) in [6.45, 7) is 1.67. The molecule has 2 rings (SSSR count). The number of ether oxygens (including phenoxy) is 1. The third-order valence-electron chi connectivity index (χ3n) is 3.76. The van der Waals surface area contributed by atoms with Crippen molar-refractivity contribution in [2.75, 3.05) is 0 Å². The van der Waals surface area contributed by atoms with Crippen molar-refractivity contribution in [1.29, 1.82) is 0 Å². The first-order valence-electron chi connectivity index (χ1n) is 8.06. The molecule has 0 fully saturated rings. The highest BCUT2D eigenvalue weighted by Gasteiger charge is 2.35. The number of hydrogen-bond donors (Lipinski definition) is 0. The van der Waals surface area contributed by atoms with Crippen molar-refractivity contribution in [3.63, 3.8) is 0 Å². The Morgan fingerprint density at radius 3 is 1.96 bits per heavy atom. The van der Waals surface area contributed by atoms with E-state index in [2.05, 4.69) is 4.74 Å². The third kappa shape index (κ3) is 5.76. The molecule has 0 aliphatic carbocycles. The van der Waals surface area contributed by atoms with E-state index in [4.69, 9.17) is 0 Å². The van der Waals surface area contributed by atoms with Gasteiger partial charge in [-0.15, -0.1) is 0 Å². The molecule has 142 valence electrons. The van der Waals surface area contributed by atoms with Crippen LogP contribution in [0.1, 0.15) is 35.6 Å². The van der Waals surface area contributed by atoms with E-state index >= 15 is 0 Å². The first kappa shape index (κ1) is 20.3. The number of hydrogen-bond acceptors (Lipinski definition) is 1. The van der Waals surface area contributed by atoms with Crippen molar-refractivity contribution in [2.45, 2.75) is 45.1 Å². The van der Waals surface area contributed by atoms with E-state index in [-0.39, 0.29) is 12.2 Å². The minimum Gasteiger partial charge on any atom is -0.315 e. The maximum Gasteiger partial charge on any atom is 0.419 e. The summed E-state index contributed by atoms with van der Waals surface area (Å²) < 4.78 is 83.3. The second-order valence-electron chi connectivity index (χ2n) is 5.98. The Balaban J connectivity index is 1.98. The second-order valence-corrected chi connectivity index (χ2v) is 5.98. The number of aryl methyl sites for hydroxylation is 1. The molecule has 0 bridgehead atoms. The lowest BCUT2D eigenvalue weighted by Crippen LogP contribution is -2.24. The van der Waals surface area contributed by atoms with Crippen LogP contribution in [0.15, 0.2) is 42.5 Å². The summed E-state index contributed by atoms with van der Waals surface area (Å²) in [7, 11) is 0. The molecule has 0 radical (unpaired) electrons. The molecule has 2 aromatic carbocycles. The van der Waals surface area contributed by atoms with Gasteiger partial charge >= 0.3 is 12.3 Å². The van der Waals surface area contributed by atoms with Crippen molar-refractivity contribution in [2.24, 2.45) is 0 Å². The fourth-order valence-corrected chi connectivity index (χ4v) is 2.47. The van der Waals surface area contributed by atoms with Gasteiger partial charge in [-0.05, 0) is 35.2 Å². The van der Waals surface area contributed by atoms with Crippen LogP contribution in [0.3, 0.4) is 0 Å². The summed E-state index contributed by atoms with van der Waals surface area (Å²) in [4.78, 5) is 0. The molecule has 0 aliphatic rings. The first-order valence-corrected chi connectivity index (χ1v) is 8.06. The van der Waals surface area contributed by atoms with E-state index < -0.39 is 30.1 Å². The van der Waals surface area contributed by atoms with Gasteiger partial charge in [0.2, 0.25) is 0 Å². The van der Waals surface area contributed by atoms with Crippen LogP contribution in [0.2, 0.25) is 0 Å². The molecule has 26 heavy (non-hydrogen) atoms. The van der Waals surface area contributed by atoms with Crippen LogP contribution in [0.25, 0.3) is 0 Å². The minimum absolute atomic E-state index is 0.279. The van der Waals surface area contributed by atoms with Crippen LogP contribution in [-0.4, -0.2) is 6.11 Å². The number of benzene rings is 2.